The fourth-order valence-electron chi connectivity index (χ4n) is 4.73. The average Bonchev–Trinajstić information content (AvgIpc) is 3.10. The molecule has 0 aromatic heterocycles. The lowest BCUT2D eigenvalue weighted by molar-refractivity contribution is -0.120. The smallest absolute Gasteiger partial charge is 0.282 e. The third-order valence-corrected chi connectivity index (χ3v) is 6.42. The summed E-state index contributed by atoms with van der Waals surface area (Å²) in [6.07, 6.45) is 1.88. The molecular weight excluding hydrogens is 412 g/mol. The lowest BCUT2D eigenvalue weighted by Crippen LogP contribution is -2.37. The van der Waals surface area contributed by atoms with E-state index in [0.29, 0.717) is 34.8 Å². The molecule has 0 radical (unpaired) electrons. The lowest BCUT2D eigenvalue weighted by atomic mass is 9.98. The molecule has 5 nitrogen and oxygen atoms in total. The van der Waals surface area contributed by atoms with Crippen molar-refractivity contribution < 1.29 is 14.3 Å². The van der Waals surface area contributed by atoms with Crippen LogP contribution < -0.4 is 14.5 Å². The van der Waals surface area contributed by atoms with E-state index in [0.717, 1.165) is 29.7 Å². The third kappa shape index (κ3) is 3.50. The zero-order valence-electron chi connectivity index (χ0n) is 19.1. The van der Waals surface area contributed by atoms with Gasteiger partial charge in [0.1, 0.15) is 11.4 Å². The molecule has 0 unspecified atom stereocenters. The van der Waals surface area contributed by atoms with Gasteiger partial charge in [-0.05, 0) is 73.2 Å². The van der Waals surface area contributed by atoms with Crippen LogP contribution in [0.25, 0.3) is 5.57 Å². The molecule has 0 aliphatic carbocycles. The molecule has 0 N–H and O–H groups in total. The van der Waals surface area contributed by atoms with Gasteiger partial charge in [-0.15, -0.1) is 0 Å². The van der Waals surface area contributed by atoms with Gasteiger partial charge in [-0.25, -0.2) is 4.90 Å². The number of ether oxygens (including phenoxy) is 1. The van der Waals surface area contributed by atoms with E-state index < -0.39 is 0 Å². The highest BCUT2D eigenvalue weighted by atomic mass is 16.5. The Bertz CT molecular complexity index is 1290. The van der Waals surface area contributed by atoms with Gasteiger partial charge in [0.25, 0.3) is 11.8 Å². The van der Waals surface area contributed by atoms with E-state index in [1.807, 2.05) is 79.4 Å². The van der Waals surface area contributed by atoms with Crippen LogP contribution in [0.4, 0.5) is 11.4 Å². The summed E-state index contributed by atoms with van der Waals surface area (Å²) in [6.45, 7) is 4.58. The summed E-state index contributed by atoms with van der Waals surface area (Å²) < 4.78 is 5.30. The number of fused-ring (bicyclic) bond motifs is 1. The van der Waals surface area contributed by atoms with Gasteiger partial charge >= 0.3 is 0 Å². The first kappa shape index (κ1) is 21.0. The first-order valence-electron chi connectivity index (χ1n) is 11.2. The number of hydrogen-bond donors (Lipinski definition) is 0. The van der Waals surface area contributed by atoms with Crippen molar-refractivity contribution in [3.8, 4) is 5.75 Å². The van der Waals surface area contributed by atoms with Crippen molar-refractivity contribution in [3.63, 3.8) is 0 Å². The molecule has 3 aromatic rings. The highest BCUT2D eigenvalue weighted by molar-refractivity contribution is 6.46. The summed E-state index contributed by atoms with van der Waals surface area (Å²) in [5.41, 5.74) is 6.29. The van der Waals surface area contributed by atoms with Crippen LogP contribution in [0.3, 0.4) is 0 Å². The molecule has 2 amide bonds. The van der Waals surface area contributed by atoms with Crippen LogP contribution in [0.15, 0.2) is 72.4 Å². The van der Waals surface area contributed by atoms with Crippen LogP contribution in [0, 0.1) is 13.8 Å². The van der Waals surface area contributed by atoms with Crippen molar-refractivity contribution in [2.75, 3.05) is 23.5 Å². The van der Waals surface area contributed by atoms with Crippen molar-refractivity contribution in [1.29, 1.82) is 0 Å². The highest BCUT2D eigenvalue weighted by Gasteiger charge is 2.44. The number of hydrogen-bond acceptors (Lipinski definition) is 4. The van der Waals surface area contributed by atoms with E-state index >= 15 is 0 Å². The molecule has 3 aromatic carbocycles. The maximum absolute atomic E-state index is 14.0. The molecule has 0 atom stereocenters. The van der Waals surface area contributed by atoms with Crippen molar-refractivity contribution >= 4 is 28.8 Å². The molecule has 2 aliphatic heterocycles. The molecule has 5 heteroatoms. The van der Waals surface area contributed by atoms with Crippen LogP contribution in [0.5, 0.6) is 5.75 Å². The minimum absolute atomic E-state index is 0.281. The van der Waals surface area contributed by atoms with Crippen LogP contribution in [0.2, 0.25) is 0 Å². The van der Waals surface area contributed by atoms with Crippen molar-refractivity contribution in [2.45, 2.75) is 26.7 Å². The van der Waals surface area contributed by atoms with E-state index in [4.69, 9.17) is 4.74 Å². The van der Waals surface area contributed by atoms with E-state index in [9.17, 15) is 9.59 Å². The maximum atomic E-state index is 14.0. The summed E-state index contributed by atoms with van der Waals surface area (Å²) in [5, 5.41) is 0. The first-order chi connectivity index (χ1) is 16.0. The second-order valence-electron chi connectivity index (χ2n) is 8.57. The predicted molar refractivity (Wildman–Crippen MR) is 130 cm³/mol. The second kappa shape index (κ2) is 8.24. The van der Waals surface area contributed by atoms with Crippen LogP contribution in [-0.2, 0) is 16.0 Å². The van der Waals surface area contributed by atoms with Gasteiger partial charge in [-0.2, -0.15) is 0 Å². The molecule has 0 saturated heterocycles. The number of anilines is 2. The molecule has 2 heterocycles. The summed E-state index contributed by atoms with van der Waals surface area (Å²) >= 11 is 0. The molecular formula is C28H26N2O3. The first-order valence-corrected chi connectivity index (χ1v) is 11.2. The number of benzene rings is 3. The molecule has 0 saturated carbocycles. The Hall–Kier alpha value is -3.86. The lowest BCUT2D eigenvalue weighted by Gasteiger charge is -2.32. The summed E-state index contributed by atoms with van der Waals surface area (Å²) in [4.78, 5) is 31.2. The number of carbonyl (C=O) groups excluding carboxylic acids is 2. The Balaban J connectivity index is 1.71. The normalized spacial score (nSPS) is 15.8. The third-order valence-electron chi connectivity index (χ3n) is 6.42. The van der Waals surface area contributed by atoms with Crippen molar-refractivity contribution in [2.24, 2.45) is 0 Å². The fourth-order valence-corrected chi connectivity index (χ4v) is 4.73. The topological polar surface area (TPSA) is 49.9 Å². The fraction of sp³-hybridized carbons (Fsp3) is 0.214. The second-order valence-corrected chi connectivity index (χ2v) is 8.57. The Morgan fingerprint density at radius 2 is 1.61 bits per heavy atom. The molecule has 2 aliphatic rings. The maximum Gasteiger partial charge on any atom is 0.282 e. The minimum Gasteiger partial charge on any atom is -0.497 e. The van der Waals surface area contributed by atoms with Gasteiger partial charge < -0.3 is 9.64 Å². The van der Waals surface area contributed by atoms with Crippen LogP contribution in [-0.4, -0.2) is 25.5 Å². The summed E-state index contributed by atoms with van der Waals surface area (Å²) in [5.74, 6) is 0.125. The number of nitrogens with zero attached hydrogens (tertiary/aromatic N) is 2. The molecule has 166 valence electrons. The largest absolute Gasteiger partial charge is 0.497 e. The van der Waals surface area contributed by atoms with Gasteiger partial charge in [0.2, 0.25) is 0 Å². The number of para-hydroxylation sites is 1. The van der Waals surface area contributed by atoms with E-state index in [-0.39, 0.29) is 11.8 Å². The SMILES string of the molecule is COc1ccc(C2=C(N3CCCc4ccccc43)C(=O)N(c3cc(C)ccc3C)C2=O)cc1. The number of imide groups is 1. The number of amides is 2. The molecule has 5 rings (SSSR count). The van der Waals surface area contributed by atoms with Crippen molar-refractivity contribution in [1.82, 2.24) is 0 Å². The van der Waals surface area contributed by atoms with Gasteiger partial charge in [0.15, 0.2) is 0 Å². The van der Waals surface area contributed by atoms with Crippen molar-refractivity contribution in [3.05, 3.63) is 94.7 Å². The zero-order chi connectivity index (χ0) is 23.1. The van der Waals surface area contributed by atoms with E-state index in [1.54, 1.807) is 7.11 Å². The molecule has 0 fully saturated rings. The Labute approximate surface area is 193 Å². The Morgan fingerprint density at radius 3 is 2.36 bits per heavy atom. The summed E-state index contributed by atoms with van der Waals surface area (Å²) in [6, 6.07) is 21.3. The van der Waals surface area contributed by atoms with Gasteiger partial charge in [-0.1, -0.05) is 42.5 Å². The number of aryl methyl sites for hydroxylation is 3. The van der Waals surface area contributed by atoms with Gasteiger partial charge in [0, 0.05) is 12.2 Å². The quantitative estimate of drug-likeness (QED) is 0.535. The monoisotopic (exact) mass is 438 g/mol. The average molecular weight is 439 g/mol. The number of methoxy groups -OCH3 is 1. The van der Waals surface area contributed by atoms with Gasteiger partial charge in [0.05, 0.1) is 18.4 Å². The van der Waals surface area contributed by atoms with Crippen LogP contribution in [0.1, 0.15) is 28.7 Å². The minimum atomic E-state index is -0.295. The van der Waals surface area contributed by atoms with E-state index in [1.165, 1.54) is 10.5 Å². The molecule has 0 spiro atoms. The molecule has 33 heavy (non-hydrogen) atoms. The highest BCUT2D eigenvalue weighted by Crippen LogP contribution is 2.40. The Morgan fingerprint density at radius 1 is 0.848 bits per heavy atom. The standard InChI is InChI=1S/C28H26N2O3/c1-18-10-11-19(2)24(17-18)30-27(31)25(21-12-14-22(33-3)15-13-21)26(28(30)32)29-16-6-8-20-7-4-5-9-23(20)29/h4-5,7,9-15,17H,6,8,16H2,1-3H3. The van der Waals surface area contributed by atoms with Gasteiger partial charge in [-0.3, -0.25) is 9.59 Å². The number of rotatable bonds is 4. The number of carbonyl (C=O) groups is 2. The predicted octanol–water partition coefficient (Wildman–Crippen LogP) is 5.05. The molecule has 0 bridgehead atoms. The van der Waals surface area contributed by atoms with Crippen LogP contribution >= 0.6 is 0 Å². The Kier molecular flexibility index (Phi) is 5.25. The zero-order valence-corrected chi connectivity index (χ0v) is 19.1. The van der Waals surface area contributed by atoms with E-state index in [2.05, 4.69) is 6.07 Å². The summed E-state index contributed by atoms with van der Waals surface area (Å²) in [7, 11) is 1.61.